The van der Waals surface area contributed by atoms with Crippen LogP contribution in [0.25, 0.3) is 76.7 Å². The maximum atomic E-state index is 5.26. The van der Waals surface area contributed by atoms with Crippen LogP contribution in [0.3, 0.4) is 0 Å². The molecule has 0 aliphatic heterocycles. The van der Waals surface area contributed by atoms with E-state index < -0.39 is 5.41 Å². The van der Waals surface area contributed by atoms with Gasteiger partial charge in [-0.15, -0.1) is 11.3 Å². The van der Waals surface area contributed by atoms with Gasteiger partial charge in [-0.2, -0.15) is 0 Å². The molecule has 0 bridgehead atoms. The van der Waals surface area contributed by atoms with E-state index in [1.807, 2.05) is 35.7 Å². The molecule has 0 spiro atoms. The Hall–Kier alpha value is -7.08. The Morgan fingerprint density at radius 2 is 0.964 bits per heavy atom. The number of hydrogen-bond acceptors (Lipinski definition) is 5. The van der Waals surface area contributed by atoms with Crippen LogP contribution in [-0.2, 0) is 5.41 Å². The molecular weight excluding hydrogens is 701 g/mol. The highest BCUT2D eigenvalue weighted by atomic mass is 32.1. The number of thiophene rings is 1. The van der Waals surface area contributed by atoms with Crippen molar-refractivity contribution >= 4 is 31.5 Å². The molecule has 0 saturated heterocycles. The molecule has 5 heteroatoms. The average molecular weight is 733 g/mol. The molecule has 0 saturated carbocycles. The molecule has 0 radical (unpaired) electrons. The minimum Gasteiger partial charge on any atom is -0.255 e. The Morgan fingerprint density at radius 1 is 0.393 bits per heavy atom. The fraction of sp³-hybridized carbons (Fsp3) is 0.0196. The van der Waals surface area contributed by atoms with Gasteiger partial charge >= 0.3 is 0 Å². The van der Waals surface area contributed by atoms with E-state index in [4.69, 9.17) is 19.9 Å². The molecule has 3 heterocycles. The molecule has 0 fully saturated rings. The van der Waals surface area contributed by atoms with Crippen molar-refractivity contribution in [2.24, 2.45) is 0 Å². The summed E-state index contributed by atoms with van der Waals surface area (Å²) < 4.78 is 2.51. The van der Waals surface area contributed by atoms with E-state index in [2.05, 4.69) is 170 Å². The number of fused-ring (bicyclic) bond motifs is 6. The van der Waals surface area contributed by atoms with Gasteiger partial charge in [-0.1, -0.05) is 170 Å². The molecular formula is C51H32N4S. The summed E-state index contributed by atoms with van der Waals surface area (Å²) in [5.41, 5.74) is 11.4. The zero-order valence-electron chi connectivity index (χ0n) is 30.2. The first-order chi connectivity index (χ1) is 27.8. The van der Waals surface area contributed by atoms with E-state index >= 15 is 0 Å². The predicted octanol–water partition coefficient (Wildman–Crippen LogP) is 12.7. The number of aromatic nitrogens is 4. The second-order valence-corrected chi connectivity index (χ2v) is 15.2. The topological polar surface area (TPSA) is 51.6 Å². The Bertz CT molecular complexity index is 3030. The summed E-state index contributed by atoms with van der Waals surface area (Å²) in [6.45, 7) is 0. The second-order valence-electron chi connectivity index (χ2n) is 14.1. The van der Waals surface area contributed by atoms with Gasteiger partial charge in [0.2, 0.25) is 0 Å². The van der Waals surface area contributed by atoms with Crippen molar-refractivity contribution < 1.29 is 0 Å². The van der Waals surface area contributed by atoms with Crippen molar-refractivity contribution in [2.45, 2.75) is 5.41 Å². The van der Waals surface area contributed by atoms with Crippen molar-refractivity contribution in [2.75, 3.05) is 0 Å². The SMILES string of the molecule is c1ccc(-c2nc(-c3ccc(-c4cccc5c4sc4ccccc45)nc3)nc(-c3cccc4c3-c3ccccc3C4(c3ccccc3)c3ccccc3)n2)cc1. The predicted molar refractivity (Wildman–Crippen MR) is 230 cm³/mol. The first kappa shape index (κ1) is 32.4. The fourth-order valence-electron chi connectivity index (χ4n) is 8.66. The summed E-state index contributed by atoms with van der Waals surface area (Å²) in [5.74, 6) is 1.82. The third-order valence-corrected chi connectivity index (χ3v) is 12.3. The first-order valence-corrected chi connectivity index (χ1v) is 19.6. The minimum absolute atomic E-state index is 0.528. The van der Waals surface area contributed by atoms with E-state index in [1.165, 1.54) is 48.0 Å². The van der Waals surface area contributed by atoms with Gasteiger partial charge in [0.15, 0.2) is 17.5 Å². The van der Waals surface area contributed by atoms with Crippen LogP contribution in [0.2, 0.25) is 0 Å². The molecule has 262 valence electrons. The van der Waals surface area contributed by atoms with E-state index in [-0.39, 0.29) is 0 Å². The van der Waals surface area contributed by atoms with Crippen molar-refractivity contribution in [1.82, 2.24) is 19.9 Å². The lowest BCUT2D eigenvalue weighted by molar-refractivity contribution is 0.768. The standard InChI is InChI=1S/C51H32N4S/c1-4-16-33(17-5-1)48-53-49(34-30-31-44(52-32-34)40-25-14-24-38-37-22-11-13-29-45(37)56-47(38)40)55-50(54-48)41-26-15-28-43-46(41)39-23-10-12-27-42(39)51(43,35-18-6-2-7-19-35)36-20-8-3-9-21-36/h1-32H. The van der Waals surface area contributed by atoms with Crippen LogP contribution in [0, 0.1) is 0 Å². The van der Waals surface area contributed by atoms with Gasteiger partial charge in [0, 0.05) is 48.6 Å². The molecule has 7 aromatic carbocycles. The summed E-state index contributed by atoms with van der Waals surface area (Å²) in [4.78, 5) is 20.6. The molecule has 1 aliphatic rings. The lowest BCUT2D eigenvalue weighted by Crippen LogP contribution is -2.28. The van der Waals surface area contributed by atoms with E-state index in [0.717, 1.165) is 33.5 Å². The van der Waals surface area contributed by atoms with Crippen molar-refractivity contribution in [1.29, 1.82) is 0 Å². The number of benzene rings is 7. The fourth-order valence-corrected chi connectivity index (χ4v) is 9.88. The van der Waals surface area contributed by atoms with Crippen LogP contribution in [0.4, 0.5) is 0 Å². The van der Waals surface area contributed by atoms with Crippen molar-refractivity contribution in [3.63, 3.8) is 0 Å². The van der Waals surface area contributed by atoms with Crippen LogP contribution < -0.4 is 0 Å². The van der Waals surface area contributed by atoms with Gasteiger partial charge in [0.1, 0.15) is 0 Å². The van der Waals surface area contributed by atoms with Gasteiger partial charge < -0.3 is 0 Å². The number of hydrogen-bond donors (Lipinski definition) is 0. The molecule has 4 nitrogen and oxygen atoms in total. The molecule has 0 atom stereocenters. The van der Waals surface area contributed by atoms with E-state index in [0.29, 0.717) is 17.5 Å². The van der Waals surface area contributed by atoms with Gasteiger partial charge in [0.05, 0.1) is 11.1 Å². The zero-order chi connectivity index (χ0) is 37.1. The highest BCUT2D eigenvalue weighted by molar-refractivity contribution is 7.26. The molecule has 10 aromatic rings. The molecule has 0 N–H and O–H groups in total. The monoisotopic (exact) mass is 732 g/mol. The summed E-state index contributed by atoms with van der Waals surface area (Å²) in [7, 11) is 0. The highest BCUT2D eigenvalue weighted by Gasteiger charge is 2.47. The largest absolute Gasteiger partial charge is 0.255 e. The third-order valence-electron chi connectivity index (χ3n) is 11.1. The quantitative estimate of drug-likeness (QED) is 0.171. The molecule has 0 amide bonds. The Balaban J connectivity index is 1.10. The van der Waals surface area contributed by atoms with Crippen molar-refractivity contribution in [3.8, 4) is 56.5 Å². The normalized spacial score (nSPS) is 12.8. The lowest BCUT2D eigenvalue weighted by atomic mass is 9.67. The van der Waals surface area contributed by atoms with Crippen molar-refractivity contribution in [3.05, 3.63) is 217 Å². The van der Waals surface area contributed by atoms with Crippen LogP contribution in [0.15, 0.2) is 194 Å². The maximum Gasteiger partial charge on any atom is 0.165 e. The van der Waals surface area contributed by atoms with Crippen LogP contribution >= 0.6 is 11.3 Å². The zero-order valence-corrected chi connectivity index (χ0v) is 31.0. The molecule has 11 rings (SSSR count). The second kappa shape index (κ2) is 13.0. The highest BCUT2D eigenvalue weighted by Crippen LogP contribution is 2.58. The van der Waals surface area contributed by atoms with E-state index in [9.17, 15) is 0 Å². The number of nitrogens with zero attached hydrogens (tertiary/aromatic N) is 4. The lowest BCUT2D eigenvalue weighted by Gasteiger charge is -2.33. The Labute approximate surface area is 328 Å². The summed E-state index contributed by atoms with van der Waals surface area (Å²) >= 11 is 1.81. The maximum absolute atomic E-state index is 5.26. The van der Waals surface area contributed by atoms with E-state index in [1.54, 1.807) is 0 Å². The smallest absolute Gasteiger partial charge is 0.165 e. The van der Waals surface area contributed by atoms with Gasteiger partial charge in [-0.05, 0) is 51.6 Å². The van der Waals surface area contributed by atoms with Gasteiger partial charge in [0.25, 0.3) is 0 Å². The summed E-state index contributed by atoms with van der Waals surface area (Å²) in [5, 5.41) is 2.53. The van der Waals surface area contributed by atoms with Crippen LogP contribution in [-0.4, -0.2) is 19.9 Å². The van der Waals surface area contributed by atoms with Gasteiger partial charge in [-0.25, -0.2) is 15.0 Å². The molecule has 3 aromatic heterocycles. The van der Waals surface area contributed by atoms with Crippen LogP contribution in [0.1, 0.15) is 22.3 Å². The van der Waals surface area contributed by atoms with Crippen LogP contribution in [0.5, 0.6) is 0 Å². The minimum atomic E-state index is -0.528. The first-order valence-electron chi connectivity index (χ1n) is 18.8. The summed E-state index contributed by atoms with van der Waals surface area (Å²) in [6.07, 6.45) is 1.90. The number of pyridine rings is 1. The molecule has 0 unspecified atom stereocenters. The number of rotatable bonds is 6. The average Bonchev–Trinajstić information content (AvgIpc) is 3.82. The molecule has 56 heavy (non-hydrogen) atoms. The molecule has 1 aliphatic carbocycles. The Kier molecular flexibility index (Phi) is 7.54. The summed E-state index contributed by atoms with van der Waals surface area (Å²) in [6, 6.07) is 66.5. The van der Waals surface area contributed by atoms with Gasteiger partial charge in [-0.3, -0.25) is 4.98 Å². The third kappa shape index (κ3) is 4.98. The Morgan fingerprint density at radius 3 is 1.71 bits per heavy atom.